The average Bonchev–Trinajstić information content (AvgIpc) is 2.97. The van der Waals surface area contributed by atoms with Crippen molar-refractivity contribution in [1.29, 1.82) is 0 Å². The van der Waals surface area contributed by atoms with Gasteiger partial charge in [-0.25, -0.2) is 9.97 Å². The Morgan fingerprint density at radius 2 is 1.77 bits per heavy atom. The van der Waals surface area contributed by atoms with Crippen molar-refractivity contribution in [1.82, 2.24) is 14.9 Å². The maximum Gasteiger partial charge on any atom is 0.272 e. The van der Waals surface area contributed by atoms with Gasteiger partial charge >= 0.3 is 0 Å². The third kappa shape index (κ3) is 3.71. The molecule has 7 heteroatoms. The van der Waals surface area contributed by atoms with Crippen LogP contribution >= 0.6 is 0 Å². The van der Waals surface area contributed by atoms with Gasteiger partial charge in [0.05, 0.1) is 0 Å². The number of anilines is 2. The number of hydrogen-bond acceptors (Lipinski definition) is 6. The van der Waals surface area contributed by atoms with Crippen LogP contribution < -0.4 is 14.8 Å². The summed E-state index contributed by atoms with van der Waals surface area (Å²) in [4.78, 5) is 23.2. The number of nitrogens with zero attached hydrogens (tertiary/aromatic N) is 3. The van der Waals surface area contributed by atoms with E-state index in [0.29, 0.717) is 30.6 Å². The summed E-state index contributed by atoms with van der Waals surface area (Å²) in [5.74, 6) is 1.78. The second-order valence-corrected chi connectivity index (χ2v) is 6.46. The highest BCUT2D eigenvalue weighted by Gasteiger charge is 2.19. The van der Waals surface area contributed by atoms with Crippen LogP contribution in [0.4, 0.5) is 11.6 Å². The van der Waals surface area contributed by atoms with E-state index < -0.39 is 0 Å². The van der Waals surface area contributed by atoms with Gasteiger partial charge in [-0.3, -0.25) is 4.79 Å². The Labute approximate surface area is 152 Å². The highest BCUT2D eigenvalue weighted by Crippen LogP contribution is 2.33. The molecule has 26 heavy (non-hydrogen) atoms. The number of aromatic nitrogens is 2. The molecule has 0 atom stereocenters. The Morgan fingerprint density at radius 1 is 1.00 bits per heavy atom. The molecule has 0 spiro atoms. The van der Waals surface area contributed by atoms with Crippen LogP contribution in [0.1, 0.15) is 36.2 Å². The molecule has 1 aromatic carbocycles. The van der Waals surface area contributed by atoms with Gasteiger partial charge in [-0.2, -0.15) is 0 Å². The van der Waals surface area contributed by atoms with Crippen LogP contribution in [-0.2, 0) is 0 Å². The lowest BCUT2D eigenvalue weighted by molar-refractivity contribution is 0.0755. The number of rotatable bonds is 3. The number of benzene rings is 1. The minimum absolute atomic E-state index is 0.0282. The fourth-order valence-electron chi connectivity index (χ4n) is 3.22. The number of amides is 1. The Balaban J connectivity index is 1.49. The van der Waals surface area contributed by atoms with Crippen LogP contribution in [0.15, 0.2) is 30.5 Å². The summed E-state index contributed by atoms with van der Waals surface area (Å²) in [6.07, 6.45) is 6.09. The summed E-state index contributed by atoms with van der Waals surface area (Å²) in [5, 5.41) is 3.14. The van der Waals surface area contributed by atoms with E-state index in [1.807, 2.05) is 23.1 Å². The van der Waals surface area contributed by atoms with Crippen molar-refractivity contribution in [3.8, 4) is 11.5 Å². The molecule has 1 saturated heterocycles. The predicted octanol–water partition coefficient (Wildman–Crippen LogP) is 3.01. The van der Waals surface area contributed by atoms with Crippen LogP contribution in [0.25, 0.3) is 0 Å². The highest BCUT2D eigenvalue weighted by atomic mass is 16.6. The molecule has 4 rings (SSSR count). The third-order valence-corrected chi connectivity index (χ3v) is 4.57. The van der Waals surface area contributed by atoms with Crippen molar-refractivity contribution < 1.29 is 14.3 Å². The molecule has 2 aliphatic heterocycles. The van der Waals surface area contributed by atoms with Gasteiger partial charge in [0.1, 0.15) is 18.9 Å². The lowest BCUT2D eigenvalue weighted by Gasteiger charge is -2.20. The fraction of sp³-hybridized carbons (Fsp3) is 0.421. The van der Waals surface area contributed by atoms with Crippen LogP contribution in [0.5, 0.6) is 11.5 Å². The monoisotopic (exact) mass is 354 g/mol. The van der Waals surface area contributed by atoms with Gasteiger partial charge < -0.3 is 19.7 Å². The molecule has 2 aliphatic rings. The smallest absolute Gasteiger partial charge is 0.272 e. The van der Waals surface area contributed by atoms with E-state index in [1.165, 1.54) is 12.8 Å². The van der Waals surface area contributed by atoms with Crippen LogP contribution in [0, 0.1) is 0 Å². The summed E-state index contributed by atoms with van der Waals surface area (Å²) in [6, 6.07) is 7.24. The zero-order valence-corrected chi connectivity index (χ0v) is 14.6. The molecule has 1 fully saturated rings. The Bertz CT molecular complexity index is 788. The van der Waals surface area contributed by atoms with Gasteiger partial charge in [-0.05, 0) is 31.0 Å². The Morgan fingerprint density at radius 3 is 2.58 bits per heavy atom. The van der Waals surface area contributed by atoms with Gasteiger partial charge in [-0.15, -0.1) is 0 Å². The predicted molar refractivity (Wildman–Crippen MR) is 97.1 cm³/mol. The van der Waals surface area contributed by atoms with Crippen molar-refractivity contribution in [3.05, 3.63) is 36.2 Å². The normalized spacial score (nSPS) is 16.7. The lowest BCUT2D eigenvalue weighted by Crippen LogP contribution is -2.32. The molecule has 2 aromatic rings. The molecule has 0 saturated carbocycles. The van der Waals surface area contributed by atoms with Crippen molar-refractivity contribution in [2.75, 3.05) is 31.6 Å². The first-order valence-corrected chi connectivity index (χ1v) is 9.08. The topological polar surface area (TPSA) is 76.6 Å². The molecule has 1 amide bonds. The number of hydrogen-bond donors (Lipinski definition) is 1. The quantitative estimate of drug-likeness (QED) is 0.913. The molecule has 0 aliphatic carbocycles. The fourth-order valence-corrected chi connectivity index (χ4v) is 3.22. The number of nitrogens with one attached hydrogen (secondary N) is 1. The van der Waals surface area contributed by atoms with Crippen molar-refractivity contribution in [2.24, 2.45) is 0 Å². The molecule has 0 radical (unpaired) electrons. The second kappa shape index (κ2) is 7.59. The highest BCUT2D eigenvalue weighted by molar-refractivity contribution is 5.92. The van der Waals surface area contributed by atoms with E-state index in [-0.39, 0.29) is 5.91 Å². The van der Waals surface area contributed by atoms with Gasteiger partial charge in [0.25, 0.3) is 5.91 Å². The molecular weight excluding hydrogens is 332 g/mol. The summed E-state index contributed by atoms with van der Waals surface area (Å²) in [7, 11) is 0. The standard InChI is InChI=1S/C19H22N4O3/c24-18(23-9-3-1-2-4-10-23)15-7-8-20-19(22-15)21-14-5-6-16-17(13-14)26-12-11-25-16/h5-8,13H,1-4,9-12H2,(H,20,21,22). The maximum absolute atomic E-state index is 12.7. The molecule has 136 valence electrons. The van der Waals surface area contributed by atoms with Crippen molar-refractivity contribution >= 4 is 17.5 Å². The molecule has 3 heterocycles. The molecular formula is C19H22N4O3. The van der Waals surface area contributed by atoms with Crippen molar-refractivity contribution in [2.45, 2.75) is 25.7 Å². The van der Waals surface area contributed by atoms with E-state index >= 15 is 0 Å². The van der Waals surface area contributed by atoms with Gasteiger partial charge in [0.2, 0.25) is 5.95 Å². The first kappa shape index (κ1) is 16.6. The van der Waals surface area contributed by atoms with E-state index in [9.17, 15) is 4.79 Å². The second-order valence-electron chi connectivity index (χ2n) is 6.46. The number of likely N-dealkylation sites (tertiary alicyclic amines) is 1. The van der Waals surface area contributed by atoms with Gasteiger partial charge in [0, 0.05) is 31.0 Å². The first-order valence-electron chi connectivity index (χ1n) is 9.08. The lowest BCUT2D eigenvalue weighted by atomic mass is 10.2. The summed E-state index contributed by atoms with van der Waals surface area (Å²) in [6.45, 7) is 2.69. The van der Waals surface area contributed by atoms with Crippen LogP contribution in [0.2, 0.25) is 0 Å². The molecule has 1 N–H and O–H groups in total. The third-order valence-electron chi connectivity index (χ3n) is 4.57. The summed E-state index contributed by atoms with van der Waals surface area (Å²) < 4.78 is 11.1. The number of carbonyl (C=O) groups is 1. The van der Waals surface area contributed by atoms with Gasteiger partial charge in [0.15, 0.2) is 11.5 Å². The Kier molecular flexibility index (Phi) is 4.86. The number of fused-ring (bicyclic) bond motifs is 1. The maximum atomic E-state index is 12.7. The minimum atomic E-state index is -0.0282. The minimum Gasteiger partial charge on any atom is -0.486 e. The zero-order chi connectivity index (χ0) is 17.8. The number of ether oxygens (including phenoxy) is 2. The van der Waals surface area contributed by atoms with E-state index in [4.69, 9.17) is 9.47 Å². The zero-order valence-electron chi connectivity index (χ0n) is 14.6. The average molecular weight is 354 g/mol. The van der Waals surface area contributed by atoms with E-state index in [1.54, 1.807) is 12.3 Å². The van der Waals surface area contributed by atoms with E-state index in [2.05, 4.69) is 15.3 Å². The largest absolute Gasteiger partial charge is 0.486 e. The van der Waals surface area contributed by atoms with E-state index in [0.717, 1.165) is 37.4 Å². The SMILES string of the molecule is O=C(c1ccnc(Nc2ccc3c(c2)OCCO3)n1)N1CCCCCC1. The summed E-state index contributed by atoms with van der Waals surface area (Å²) in [5.41, 5.74) is 1.20. The molecule has 0 bridgehead atoms. The Hall–Kier alpha value is -2.83. The van der Waals surface area contributed by atoms with Crippen LogP contribution in [-0.4, -0.2) is 47.1 Å². The first-order chi connectivity index (χ1) is 12.8. The molecule has 7 nitrogen and oxygen atoms in total. The number of carbonyl (C=O) groups excluding carboxylic acids is 1. The molecule has 1 aromatic heterocycles. The van der Waals surface area contributed by atoms with Crippen molar-refractivity contribution in [3.63, 3.8) is 0 Å². The summed E-state index contributed by atoms with van der Waals surface area (Å²) >= 11 is 0. The van der Waals surface area contributed by atoms with Gasteiger partial charge in [-0.1, -0.05) is 12.8 Å². The van der Waals surface area contributed by atoms with Crippen LogP contribution in [0.3, 0.4) is 0 Å². The molecule has 0 unspecified atom stereocenters.